The minimum Gasteiger partial charge on any atom is -0.348 e. The van der Waals surface area contributed by atoms with Crippen LogP contribution in [0.1, 0.15) is 37.8 Å². The molecule has 5 heteroatoms. The third kappa shape index (κ3) is 3.57. The maximum absolute atomic E-state index is 12.2. The van der Waals surface area contributed by atoms with Crippen molar-refractivity contribution in [2.45, 2.75) is 44.3 Å². The van der Waals surface area contributed by atoms with Crippen LogP contribution in [-0.4, -0.2) is 23.9 Å². The van der Waals surface area contributed by atoms with E-state index in [2.05, 4.69) is 10.6 Å². The van der Waals surface area contributed by atoms with E-state index in [4.69, 9.17) is 5.73 Å². The van der Waals surface area contributed by atoms with Gasteiger partial charge in [0.05, 0.1) is 12.1 Å². The highest BCUT2D eigenvalue weighted by atomic mass is 16.2. The Balaban J connectivity index is 2.02. The van der Waals surface area contributed by atoms with Crippen LogP contribution in [-0.2, 0) is 9.59 Å². The number of nitrogens with two attached hydrogens (primary N) is 1. The fourth-order valence-electron chi connectivity index (χ4n) is 2.38. The summed E-state index contributed by atoms with van der Waals surface area (Å²) in [4.78, 5) is 23.8. The summed E-state index contributed by atoms with van der Waals surface area (Å²) in [6.45, 7) is 1.61. The van der Waals surface area contributed by atoms with E-state index in [1.807, 2.05) is 30.3 Å². The van der Waals surface area contributed by atoms with E-state index in [0.29, 0.717) is 6.42 Å². The van der Waals surface area contributed by atoms with Gasteiger partial charge in [0, 0.05) is 0 Å². The van der Waals surface area contributed by atoms with E-state index in [1.165, 1.54) is 0 Å². The molecule has 1 saturated heterocycles. The van der Waals surface area contributed by atoms with Crippen LogP contribution in [0.15, 0.2) is 30.3 Å². The van der Waals surface area contributed by atoms with Crippen LogP contribution in [0.3, 0.4) is 0 Å². The summed E-state index contributed by atoms with van der Waals surface area (Å²) in [6, 6.07) is 8.81. The van der Waals surface area contributed by atoms with Gasteiger partial charge in [-0.05, 0) is 31.7 Å². The van der Waals surface area contributed by atoms with Crippen molar-refractivity contribution in [3.05, 3.63) is 35.9 Å². The highest BCUT2D eigenvalue weighted by molar-refractivity contribution is 5.89. The van der Waals surface area contributed by atoms with E-state index < -0.39 is 12.1 Å². The van der Waals surface area contributed by atoms with Gasteiger partial charge in [0.2, 0.25) is 11.8 Å². The minimum atomic E-state index is -0.601. The molecule has 1 aromatic carbocycles. The van der Waals surface area contributed by atoms with Crippen molar-refractivity contribution in [3.63, 3.8) is 0 Å². The monoisotopic (exact) mass is 275 g/mol. The van der Waals surface area contributed by atoms with Crippen molar-refractivity contribution in [2.75, 3.05) is 0 Å². The molecule has 5 nitrogen and oxygen atoms in total. The van der Waals surface area contributed by atoms with E-state index in [9.17, 15) is 9.59 Å². The van der Waals surface area contributed by atoms with Crippen molar-refractivity contribution >= 4 is 11.8 Å². The zero-order chi connectivity index (χ0) is 14.5. The summed E-state index contributed by atoms with van der Waals surface area (Å²) in [7, 11) is 0. The van der Waals surface area contributed by atoms with Crippen molar-refractivity contribution < 1.29 is 9.59 Å². The predicted octanol–water partition coefficient (Wildman–Crippen LogP) is 0.860. The summed E-state index contributed by atoms with van der Waals surface area (Å²) < 4.78 is 0. The third-order valence-corrected chi connectivity index (χ3v) is 3.55. The first-order chi connectivity index (χ1) is 9.58. The molecule has 0 radical (unpaired) electrons. The Labute approximate surface area is 118 Å². The van der Waals surface area contributed by atoms with Crippen molar-refractivity contribution in [2.24, 2.45) is 5.73 Å². The van der Waals surface area contributed by atoms with Crippen LogP contribution in [0.25, 0.3) is 0 Å². The molecular formula is C15H21N3O2. The highest BCUT2D eigenvalue weighted by Crippen LogP contribution is 2.22. The molecule has 0 aromatic heterocycles. The molecule has 3 atom stereocenters. The molecule has 0 aliphatic carbocycles. The second-order valence-electron chi connectivity index (χ2n) is 5.25. The standard InChI is InChI=1S/C15H21N3O2/c1-10(16)14(19)18-13-9-5-8-12(17-15(13)20)11-6-3-2-4-7-11/h2-4,6-7,10,12-13H,5,8-9,16H2,1H3,(H,17,20)(H,18,19)/t10-,12-,13-/m0/s1. The summed E-state index contributed by atoms with van der Waals surface area (Å²) in [5.41, 5.74) is 6.61. The van der Waals surface area contributed by atoms with Crippen LogP contribution in [0.2, 0.25) is 0 Å². The van der Waals surface area contributed by atoms with Crippen LogP contribution >= 0.6 is 0 Å². The number of benzene rings is 1. The average molecular weight is 275 g/mol. The molecule has 1 aromatic rings. The highest BCUT2D eigenvalue weighted by Gasteiger charge is 2.27. The molecule has 1 aliphatic heterocycles. The van der Waals surface area contributed by atoms with E-state index in [0.717, 1.165) is 18.4 Å². The van der Waals surface area contributed by atoms with Crippen LogP contribution in [0, 0.1) is 0 Å². The Morgan fingerprint density at radius 1 is 1.35 bits per heavy atom. The van der Waals surface area contributed by atoms with Crippen molar-refractivity contribution in [1.82, 2.24) is 10.6 Å². The number of rotatable bonds is 3. The van der Waals surface area contributed by atoms with Crippen LogP contribution in [0.4, 0.5) is 0 Å². The van der Waals surface area contributed by atoms with Gasteiger partial charge in [0.15, 0.2) is 0 Å². The number of nitrogens with one attached hydrogen (secondary N) is 2. The molecular weight excluding hydrogens is 254 g/mol. The van der Waals surface area contributed by atoms with Crippen LogP contribution in [0.5, 0.6) is 0 Å². The van der Waals surface area contributed by atoms with Gasteiger partial charge in [-0.15, -0.1) is 0 Å². The number of hydrogen-bond acceptors (Lipinski definition) is 3. The molecule has 20 heavy (non-hydrogen) atoms. The molecule has 4 N–H and O–H groups in total. The van der Waals surface area contributed by atoms with Gasteiger partial charge in [-0.2, -0.15) is 0 Å². The fourth-order valence-corrected chi connectivity index (χ4v) is 2.38. The number of hydrogen-bond donors (Lipinski definition) is 3. The SMILES string of the molecule is C[C@H](N)C(=O)N[C@H]1CCC[C@@H](c2ccccc2)NC1=O. The number of carbonyl (C=O) groups excluding carboxylic acids is 2. The topological polar surface area (TPSA) is 84.2 Å². The molecule has 1 fully saturated rings. The molecule has 1 heterocycles. The number of carbonyl (C=O) groups is 2. The van der Waals surface area contributed by atoms with Gasteiger partial charge in [-0.25, -0.2) is 0 Å². The molecule has 0 saturated carbocycles. The first-order valence-electron chi connectivity index (χ1n) is 6.99. The third-order valence-electron chi connectivity index (χ3n) is 3.55. The van der Waals surface area contributed by atoms with E-state index >= 15 is 0 Å². The Kier molecular flexibility index (Phi) is 4.74. The molecule has 0 bridgehead atoms. The maximum Gasteiger partial charge on any atom is 0.243 e. The van der Waals surface area contributed by atoms with Crippen molar-refractivity contribution in [1.29, 1.82) is 0 Å². The largest absolute Gasteiger partial charge is 0.348 e. The maximum atomic E-state index is 12.2. The average Bonchev–Trinajstić information content (AvgIpc) is 2.62. The van der Waals surface area contributed by atoms with Crippen molar-refractivity contribution in [3.8, 4) is 0 Å². The lowest BCUT2D eigenvalue weighted by molar-refractivity contribution is -0.129. The summed E-state index contributed by atoms with van der Waals surface area (Å²) >= 11 is 0. The van der Waals surface area contributed by atoms with Gasteiger partial charge in [0.1, 0.15) is 6.04 Å². The minimum absolute atomic E-state index is 0.0147. The summed E-state index contributed by atoms with van der Waals surface area (Å²) in [6.07, 6.45) is 2.40. The van der Waals surface area contributed by atoms with Gasteiger partial charge in [0.25, 0.3) is 0 Å². The predicted molar refractivity (Wildman–Crippen MR) is 76.8 cm³/mol. The fraction of sp³-hybridized carbons (Fsp3) is 0.467. The normalized spacial score (nSPS) is 24.4. The molecule has 2 amide bonds. The first-order valence-corrected chi connectivity index (χ1v) is 6.99. The Morgan fingerprint density at radius 3 is 2.70 bits per heavy atom. The Morgan fingerprint density at radius 2 is 2.05 bits per heavy atom. The Bertz CT molecular complexity index is 473. The lowest BCUT2D eigenvalue weighted by Gasteiger charge is -2.19. The zero-order valence-electron chi connectivity index (χ0n) is 11.6. The van der Waals surface area contributed by atoms with Gasteiger partial charge in [-0.1, -0.05) is 30.3 Å². The molecule has 2 rings (SSSR count). The summed E-state index contributed by atoms with van der Waals surface area (Å²) in [5, 5.41) is 5.70. The Hall–Kier alpha value is -1.88. The molecule has 1 aliphatic rings. The number of amides is 2. The van der Waals surface area contributed by atoms with Gasteiger partial charge < -0.3 is 16.4 Å². The van der Waals surface area contributed by atoms with E-state index in [1.54, 1.807) is 6.92 Å². The molecule has 0 unspecified atom stereocenters. The van der Waals surface area contributed by atoms with E-state index in [-0.39, 0.29) is 17.9 Å². The smallest absolute Gasteiger partial charge is 0.243 e. The second-order valence-corrected chi connectivity index (χ2v) is 5.25. The zero-order valence-corrected chi connectivity index (χ0v) is 11.6. The quantitative estimate of drug-likeness (QED) is 0.765. The van der Waals surface area contributed by atoms with Gasteiger partial charge >= 0.3 is 0 Å². The lowest BCUT2D eigenvalue weighted by atomic mass is 10.0. The second kappa shape index (κ2) is 6.52. The molecule has 0 spiro atoms. The lowest BCUT2D eigenvalue weighted by Crippen LogP contribution is -2.50. The first kappa shape index (κ1) is 14.5. The van der Waals surface area contributed by atoms with Crippen LogP contribution < -0.4 is 16.4 Å². The summed E-state index contributed by atoms with van der Waals surface area (Å²) in [5.74, 6) is -0.423. The molecule has 108 valence electrons. The van der Waals surface area contributed by atoms with Gasteiger partial charge in [-0.3, -0.25) is 9.59 Å².